The molecule has 1 nitrogen and oxygen atoms in total. The summed E-state index contributed by atoms with van der Waals surface area (Å²) in [4.78, 5) is 11.9. The minimum Gasteiger partial charge on any atom is -0.299 e. The van der Waals surface area contributed by atoms with Crippen LogP contribution < -0.4 is 0 Å². The molecule has 0 aromatic heterocycles. The van der Waals surface area contributed by atoms with Gasteiger partial charge in [0.05, 0.1) is 0 Å². The molecule has 76 valence electrons. The van der Waals surface area contributed by atoms with Crippen LogP contribution in [0.25, 0.3) is 0 Å². The van der Waals surface area contributed by atoms with E-state index in [1.807, 2.05) is 0 Å². The molecule has 0 aromatic rings. The number of hydrogen-bond acceptors (Lipinski definition) is 1. The predicted octanol–water partition coefficient (Wildman–Crippen LogP) is 3.10. The molecule has 2 saturated carbocycles. The third kappa shape index (κ3) is 1.11. The van der Waals surface area contributed by atoms with Crippen LogP contribution in [0.4, 0.5) is 0 Å². The van der Waals surface area contributed by atoms with Crippen LogP contribution in [0.1, 0.15) is 44.9 Å². The molecule has 0 heterocycles. The molecular weight excluding hydrogens is 172 g/mol. The second-order valence-corrected chi connectivity index (χ2v) is 5.36. The third-order valence-corrected chi connectivity index (χ3v) is 4.57. The zero-order valence-electron chi connectivity index (χ0n) is 8.67. The molecule has 3 atom stereocenters. The summed E-state index contributed by atoms with van der Waals surface area (Å²) in [5, 5.41) is 0. The van der Waals surface area contributed by atoms with Crippen molar-refractivity contribution in [2.24, 2.45) is 17.3 Å². The van der Waals surface area contributed by atoms with Crippen LogP contribution in [0.5, 0.6) is 0 Å². The summed E-state index contributed by atoms with van der Waals surface area (Å²) in [5.74, 6) is 1.76. The lowest BCUT2D eigenvalue weighted by molar-refractivity contribution is -0.128. The van der Waals surface area contributed by atoms with Gasteiger partial charge in [-0.05, 0) is 43.4 Å². The molecule has 14 heavy (non-hydrogen) atoms. The van der Waals surface area contributed by atoms with Crippen LogP contribution in [-0.2, 0) is 4.79 Å². The van der Waals surface area contributed by atoms with E-state index < -0.39 is 0 Å². The number of carbonyl (C=O) groups is 1. The van der Waals surface area contributed by atoms with Crippen molar-refractivity contribution in [3.8, 4) is 0 Å². The van der Waals surface area contributed by atoms with Crippen molar-refractivity contribution < 1.29 is 4.79 Å². The number of hydrogen-bond donors (Lipinski definition) is 0. The Bertz CT molecular complexity index is 292. The Labute approximate surface area is 85.6 Å². The van der Waals surface area contributed by atoms with Crippen molar-refractivity contribution in [1.82, 2.24) is 0 Å². The first-order chi connectivity index (χ1) is 6.80. The summed E-state index contributed by atoms with van der Waals surface area (Å²) in [5.41, 5.74) is 0.322. The van der Waals surface area contributed by atoms with Crippen molar-refractivity contribution in [3.05, 3.63) is 12.2 Å². The summed E-state index contributed by atoms with van der Waals surface area (Å²) in [7, 11) is 0. The molecule has 0 saturated heterocycles. The topological polar surface area (TPSA) is 17.1 Å². The van der Waals surface area contributed by atoms with E-state index in [0.29, 0.717) is 17.1 Å². The monoisotopic (exact) mass is 190 g/mol. The number of Topliss-reactive ketones (excluding diaryl/α,β-unsaturated/α-hetero) is 1. The van der Waals surface area contributed by atoms with Crippen LogP contribution in [0.3, 0.4) is 0 Å². The minimum absolute atomic E-state index is 0.322. The van der Waals surface area contributed by atoms with Crippen LogP contribution >= 0.6 is 0 Å². The van der Waals surface area contributed by atoms with Crippen molar-refractivity contribution in [3.63, 3.8) is 0 Å². The van der Waals surface area contributed by atoms with Gasteiger partial charge in [-0.1, -0.05) is 18.6 Å². The fourth-order valence-corrected chi connectivity index (χ4v) is 3.81. The number of carbonyl (C=O) groups excluding carboxylic acids is 1. The second kappa shape index (κ2) is 2.95. The quantitative estimate of drug-likeness (QED) is 0.581. The number of rotatable bonds is 1. The van der Waals surface area contributed by atoms with Gasteiger partial charge in [0.2, 0.25) is 0 Å². The summed E-state index contributed by atoms with van der Waals surface area (Å²) < 4.78 is 0. The van der Waals surface area contributed by atoms with Gasteiger partial charge in [-0.25, -0.2) is 0 Å². The molecule has 0 amide bonds. The summed E-state index contributed by atoms with van der Waals surface area (Å²) in [6.45, 7) is 0. The molecule has 0 aromatic carbocycles. The fourth-order valence-electron chi connectivity index (χ4n) is 3.81. The summed E-state index contributed by atoms with van der Waals surface area (Å²) >= 11 is 0. The molecule has 0 radical (unpaired) electrons. The zero-order valence-corrected chi connectivity index (χ0v) is 8.67. The summed E-state index contributed by atoms with van der Waals surface area (Å²) in [6.07, 6.45) is 13.1. The first-order valence-electron chi connectivity index (χ1n) is 6.02. The van der Waals surface area contributed by atoms with E-state index in [0.717, 1.165) is 25.2 Å². The molecule has 3 rings (SSSR count). The Morgan fingerprint density at radius 2 is 2.21 bits per heavy atom. The molecule has 1 heteroatoms. The van der Waals surface area contributed by atoms with Crippen LogP contribution in [-0.4, -0.2) is 5.78 Å². The Hall–Kier alpha value is -0.590. The Balaban J connectivity index is 1.87. The molecule has 3 aliphatic carbocycles. The maximum atomic E-state index is 11.9. The number of fused-ring (bicyclic) bond motifs is 2. The predicted molar refractivity (Wildman–Crippen MR) is 55.9 cm³/mol. The van der Waals surface area contributed by atoms with Gasteiger partial charge in [0, 0.05) is 12.3 Å². The third-order valence-electron chi connectivity index (χ3n) is 4.57. The molecule has 0 spiro atoms. The van der Waals surface area contributed by atoms with Gasteiger partial charge in [-0.2, -0.15) is 0 Å². The highest BCUT2D eigenvalue weighted by Crippen LogP contribution is 2.55. The number of ketones is 1. The zero-order chi connectivity index (χ0) is 9.60. The molecule has 2 fully saturated rings. The van der Waals surface area contributed by atoms with E-state index in [1.54, 1.807) is 0 Å². The SMILES string of the molecule is O=C1CCCCC1C12C=CC(CC1)C2. The Morgan fingerprint density at radius 1 is 1.29 bits per heavy atom. The van der Waals surface area contributed by atoms with Gasteiger partial charge in [-0.15, -0.1) is 0 Å². The molecule has 3 unspecified atom stereocenters. The van der Waals surface area contributed by atoms with Gasteiger partial charge in [-0.3, -0.25) is 4.79 Å². The smallest absolute Gasteiger partial charge is 0.136 e. The largest absolute Gasteiger partial charge is 0.299 e. The van der Waals surface area contributed by atoms with E-state index in [2.05, 4.69) is 12.2 Å². The lowest BCUT2D eigenvalue weighted by atomic mass is 9.68. The molecule has 0 N–H and O–H groups in total. The van der Waals surface area contributed by atoms with Crippen LogP contribution in [0.15, 0.2) is 12.2 Å². The van der Waals surface area contributed by atoms with Crippen molar-refractivity contribution in [1.29, 1.82) is 0 Å². The number of allylic oxidation sites excluding steroid dienone is 2. The lowest BCUT2D eigenvalue weighted by Crippen LogP contribution is -2.33. The molecule has 0 aliphatic heterocycles. The fraction of sp³-hybridized carbons (Fsp3) is 0.769. The van der Waals surface area contributed by atoms with Gasteiger partial charge in [0.1, 0.15) is 5.78 Å². The summed E-state index contributed by atoms with van der Waals surface area (Å²) in [6, 6.07) is 0. The van der Waals surface area contributed by atoms with Crippen molar-refractivity contribution in [2.75, 3.05) is 0 Å². The van der Waals surface area contributed by atoms with E-state index >= 15 is 0 Å². The lowest BCUT2D eigenvalue weighted by Gasteiger charge is -2.35. The second-order valence-electron chi connectivity index (χ2n) is 5.36. The van der Waals surface area contributed by atoms with E-state index in [-0.39, 0.29) is 0 Å². The average molecular weight is 190 g/mol. The van der Waals surface area contributed by atoms with E-state index in [4.69, 9.17) is 0 Å². The minimum atomic E-state index is 0.322. The maximum absolute atomic E-state index is 11.9. The van der Waals surface area contributed by atoms with Gasteiger partial charge in [0.25, 0.3) is 0 Å². The van der Waals surface area contributed by atoms with E-state index in [1.165, 1.54) is 25.7 Å². The molecule has 3 aliphatic rings. The van der Waals surface area contributed by atoms with Crippen LogP contribution in [0, 0.1) is 17.3 Å². The first-order valence-corrected chi connectivity index (χ1v) is 6.02. The highest BCUT2D eigenvalue weighted by atomic mass is 16.1. The standard InChI is InChI=1S/C13H18O/c14-12-4-2-1-3-11(12)13-7-5-10(9-13)6-8-13/h5,7,10-11H,1-4,6,8-9H2. The van der Waals surface area contributed by atoms with Gasteiger partial charge >= 0.3 is 0 Å². The van der Waals surface area contributed by atoms with Gasteiger partial charge < -0.3 is 0 Å². The Morgan fingerprint density at radius 3 is 2.79 bits per heavy atom. The highest BCUT2D eigenvalue weighted by Gasteiger charge is 2.48. The average Bonchev–Trinajstić information content (AvgIpc) is 2.79. The van der Waals surface area contributed by atoms with Crippen molar-refractivity contribution >= 4 is 5.78 Å². The van der Waals surface area contributed by atoms with Crippen LogP contribution in [0.2, 0.25) is 0 Å². The normalized spacial score (nSPS) is 46.1. The van der Waals surface area contributed by atoms with Crippen molar-refractivity contribution in [2.45, 2.75) is 44.9 Å². The molecule has 2 bridgehead atoms. The Kier molecular flexibility index (Phi) is 1.83. The maximum Gasteiger partial charge on any atom is 0.136 e. The highest BCUT2D eigenvalue weighted by molar-refractivity contribution is 5.83. The first kappa shape index (κ1) is 8.70. The van der Waals surface area contributed by atoms with E-state index in [9.17, 15) is 4.79 Å². The molecular formula is C13H18O. The van der Waals surface area contributed by atoms with Gasteiger partial charge in [0.15, 0.2) is 0 Å².